The largest absolute Gasteiger partial charge is 0.508 e. The van der Waals surface area contributed by atoms with Gasteiger partial charge in [0.1, 0.15) is 5.75 Å². The van der Waals surface area contributed by atoms with Gasteiger partial charge in [0, 0.05) is 5.56 Å². The van der Waals surface area contributed by atoms with E-state index in [0.717, 1.165) is 40.8 Å². The number of rotatable bonds is 3. The maximum atomic E-state index is 13.8. The number of aromatic hydroxyl groups is 1. The monoisotopic (exact) mass is 494 g/mol. The summed E-state index contributed by atoms with van der Waals surface area (Å²) in [5.41, 5.74) is 6.34. The van der Waals surface area contributed by atoms with Gasteiger partial charge in [-0.3, -0.25) is 9.36 Å². The molecule has 2 aliphatic rings. The molecule has 6 rings (SSSR count). The number of nitrogens with zero attached hydrogens (tertiary/aromatic N) is 2. The number of aryl methyl sites for hydroxylation is 1. The highest BCUT2D eigenvalue weighted by Crippen LogP contribution is 2.41. The SMILES string of the molecule is COC(=O)c1ccc([C@@H]2C3=C(N=c4s/c(=C/c5cccc(O)c5)c(=O)n42)c2ccccc2CC3)cc1. The number of benzene rings is 3. The van der Waals surface area contributed by atoms with Crippen molar-refractivity contribution in [3.63, 3.8) is 0 Å². The summed E-state index contributed by atoms with van der Waals surface area (Å²) in [5, 5.41) is 9.87. The topological polar surface area (TPSA) is 80.9 Å². The molecule has 0 saturated heterocycles. The zero-order valence-electron chi connectivity index (χ0n) is 19.5. The van der Waals surface area contributed by atoms with E-state index in [-0.39, 0.29) is 17.4 Å². The van der Waals surface area contributed by atoms with Gasteiger partial charge in [0.05, 0.1) is 28.9 Å². The van der Waals surface area contributed by atoms with Crippen LogP contribution in [0.25, 0.3) is 11.8 Å². The minimum atomic E-state index is -0.400. The molecule has 6 nitrogen and oxygen atoms in total. The number of hydrogen-bond donors (Lipinski definition) is 1. The Hall–Kier alpha value is -4.23. The molecule has 0 radical (unpaired) electrons. The smallest absolute Gasteiger partial charge is 0.337 e. The Labute approximate surface area is 210 Å². The number of aromatic nitrogens is 1. The molecule has 3 aromatic carbocycles. The minimum Gasteiger partial charge on any atom is -0.508 e. The van der Waals surface area contributed by atoms with Crippen molar-refractivity contribution in [3.05, 3.63) is 126 Å². The number of carbonyl (C=O) groups is 1. The fraction of sp³-hybridized carbons (Fsp3) is 0.138. The Morgan fingerprint density at radius 2 is 1.89 bits per heavy atom. The first-order chi connectivity index (χ1) is 17.5. The summed E-state index contributed by atoms with van der Waals surface area (Å²) < 4.78 is 7.16. The van der Waals surface area contributed by atoms with Gasteiger partial charge in [-0.25, -0.2) is 9.79 Å². The lowest BCUT2D eigenvalue weighted by molar-refractivity contribution is 0.0600. The zero-order valence-corrected chi connectivity index (χ0v) is 20.3. The van der Waals surface area contributed by atoms with Crippen LogP contribution in [0.15, 0.2) is 88.2 Å². The van der Waals surface area contributed by atoms with Crippen molar-refractivity contribution >= 4 is 29.1 Å². The van der Waals surface area contributed by atoms with Crippen LogP contribution in [0.1, 0.15) is 45.1 Å². The van der Waals surface area contributed by atoms with Gasteiger partial charge in [0.15, 0.2) is 4.80 Å². The standard InChI is InChI=1S/C29H22N2O4S/c1-35-28(34)20-11-9-19(10-12-20)26-23-14-13-18-6-2-3-8-22(18)25(23)30-29-31(26)27(33)24(36-29)16-17-5-4-7-21(32)15-17/h2-12,15-16,26,32H,13-14H2,1H3/b24-16+/t26-/m1/s1. The summed E-state index contributed by atoms with van der Waals surface area (Å²) in [6.07, 6.45) is 3.45. The average molecular weight is 495 g/mol. The molecular weight excluding hydrogens is 472 g/mol. The molecule has 1 aliphatic carbocycles. The Balaban J connectivity index is 1.59. The lowest BCUT2D eigenvalue weighted by Crippen LogP contribution is -2.38. The van der Waals surface area contributed by atoms with Crippen LogP contribution >= 0.6 is 11.3 Å². The van der Waals surface area contributed by atoms with Crippen molar-refractivity contribution in [1.82, 2.24) is 4.57 Å². The predicted molar refractivity (Wildman–Crippen MR) is 139 cm³/mol. The Morgan fingerprint density at radius 3 is 2.67 bits per heavy atom. The second-order valence-electron chi connectivity index (χ2n) is 8.82. The van der Waals surface area contributed by atoms with Crippen molar-refractivity contribution in [2.75, 3.05) is 7.11 Å². The number of ether oxygens (including phenoxy) is 1. The summed E-state index contributed by atoms with van der Waals surface area (Å²) in [6, 6.07) is 22.0. The fourth-order valence-corrected chi connectivity index (χ4v) is 6.01. The van der Waals surface area contributed by atoms with Crippen LogP contribution in [-0.4, -0.2) is 22.8 Å². The summed E-state index contributed by atoms with van der Waals surface area (Å²) >= 11 is 1.34. The third kappa shape index (κ3) is 3.69. The van der Waals surface area contributed by atoms with Crippen molar-refractivity contribution in [1.29, 1.82) is 0 Å². The van der Waals surface area contributed by atoms with Gasteiger partial charge in [-0.15, -0.1) is 0 Å². The highest BCUT2D eigenvalue weighted by Gasteiger charge is 2.32. The zero-order chi connectivity index (χ0) is 24.8. The van der Waals surface area contributed by atoms with Gasteiger partial charge in [0.2, 0.25) is 0 Å². The minimum absolute atomic E-state index is 0.130. The highest BCUT2D eigenvalue weighted by molar-refractivity contribution is 7.07. The lowest BCUT2D eigenvalue weighted by Gasteiger charge is -2.30. The third-order valence-electron chi connectivity index (χ3n) is 6.69. The van der Waals surface area contributed by atoms with E-state index in [9.17, 15) is 14.7 Å². The van der Waals surface area contributed by atoms with E-state index >= 15 is 0 Å². The van der Waals surface area contributed by atoms with E-state index < -0.39 is 5.97 Å². The van der Waals surface area contributed by atoms with E-state index in [2.05, 4.69) is 12.1 Å². The van der Waals surface area contributed by atoms with Gasteiger partial charge in [-0.05, 0) is 65.4 Å². The Bertz CT molecular complexity index is 1730. The molecule has 36 heavy (non-hydrogen) atoms. The van der Waals surface area contributed by atoms with Crippen molar-refractivity contribution in [2.45, 2.75) is 18.9 Å². The average Bonchev–Trinajstić information content (AvgIpc) is 3.21. The molecular formula is C29H22N2O4S. The molecule has 1 aliphatic heterocycles. The third-order valence-corrected chi connectivity index (χ3v) is 7.67. The second-order valence-corrected chi connectivity index (χ2v) is 9.83. The normalized spacial score (nSPS) is 16.6. The lowest BCUT2D eigenvalue weighted by atomic mass is 9.83. The molecule has 7 heteroatoms. The van der Waals surface area contributed by atoms with Crippen LogP contribution in [0.3, 0.4) is 0 Å². The first-order valence-electron chi connectivity index (χ1n) is 11.6. The molecule has 0 fully saturated rings. The molecule has 1 aromatic heterocycles. The Morgan fingerprint density at radius 1 is 1.08 bits per heavy atom. The maximum absolute atomic E-state index is 13.8. The summed E-state index contributed by atoms with van der Waals surface area (Å²) in [4.78, 5) is 31.4. The first-order valence-corrected chi connectivity index (χ1v) is 12.5. The Kier molecular flexibility index (Phi) is 5.42. The molecule has 1 atom stereocenters. The molecule has 178 valence electrons. The van der Waals surface area contributed by atoms with Crippen LogP contribution < -0.4 is 14.9 Å². The number of hydrogen-bond acceptors (Lipinski definition) is 6. The summed E-state index contributed by atoms with van der Waals surface area (Å²) in [7, 11) is 1.36. The maximum Gasteiger partial charge on any atom is 0.337 e. The van der Waals surface area contributed by atoms with E-state index in [1.807, 2.05) is 30.3 Å². The number of methoxy groups -OCH3 is 1. The molecule has 0 bridgehead atoms. The van der Waals surface area contributed by atoms with Crippen molar-refractivity contribution in [2.24, 2.45) is 4.99 Å². The molecule has 0 amide bonds. The van der Waals surface area contributed by atoms with Crippen LogP contribution in [-0.2, 0) is 11.2 Å². The molecule has 4 aromatic rings. The fourth-order valence-electron chi connectivity index (χ4n) is 5.01. The van der Waals surface area contributed by atoms with Gasteiger partial charge < -0.3 is 9.84 Å². The quantitative estimate of drug-likeness (QED) is 0.439. The number of phenols is 1. The van der Waals surface area contributed by atoms with Gasteiger partial charge in [0.25, 0.3) is 5.56 Å². The molecule has 0 spiro atoms. The molecule has 1 N–H and O–H groups in total. The number of phenolic OH excluding ortho intramolecular Hbond substituents is 1. The number of thiazole rings is 1. The summed E-state index contributed by atoms with van der Waals surface area (Å²) in [6.45, 7) is 0. The molecule has 0 saturated carbocycles. The van der Waals surface area contributed by atoms with Crippen LogP contribution in [0.2, 0.25) is 0 Å². The highest BCUT2D eigenvalue weighted by atomic mass is 32.1. The number of carbonyl (C=O) groups excluding carboxylic acids is 1. The predicted octanol–water partition coefficient (Wildman–Crippen LogP) is 3.81. The number of esters is 1. The van der Waals surface area contributed by atoms with E-state index in [4.69, 9.17) is 9.73 Å². The van der Waals surface area contributed by atoms with Crippen molar-refractivity contribution in [3.8, 4) is 5.75 Å². The first kappa shape index (κ1) is 22.2. The second kappa shape index (κ2) is 8.77. The van der Waals surface area contributed by atoms with Gasteiger partial charge in [-0.2, -0.15) is 0 Å². The van der Waals surface area contributed by atoms with Crippen LogP contribution in [0, 0.1) is 0 Å². The van der Waals surface area contributed by atoms with E-state index in [0.29, 0.717) is 14.9 Å². The number of allylic oxidation sites excluding steroid dienone is 1. The molecule has 0 unspecified atom stereocenters. The van der Waals surface area contributed by atoms with E-state index in [1.165, 1.54) is 24.0 Å². The number of fused-ring (bicyclic) bond motifs is 3. The van der Waals surface area contributed by atoms with Gasteiger partial charge in [-0.1, -0.05) is 59.9 Å². The summed E-state index contributed by atoms with van der Waals surface area (Å²) in [5.74, 6) is -0.254. The van der Waals surface area contributed by atoms with Crippen LogP contribution in [0.4, 0.5) is 0 Å². The molecule has 2 heterocycles. The van der Waals surface area contributed by atoms with Crippen LogP contribution in [0.5, 0.6) is 5.75 Å². The van der Waals surface area contributed by atoms with Crippen molar-refractivity contribution < 1.29 is 14.6 Å². The van der Waals surface area contributed by atoms with E-state index in [1.54, 1.807) is 41.0 Å². The van der Waals surface area contributed by atoms with Gasteiger partial charge >= 0.3 is 5.97 Å².